The van der Waals surface area contributed by atoms with Crippen molar-refractivity contribution in [2.45, 2.75) is 24.2 Å². The molecule has 0 spiro atoms. The molecule has 2 heterocycles. The maximum Gasteiger partial charge on any atom is 0.251 e. The van der Waals surface area contributed by atoms with Gasteiger partial charge in [-0.05, 0) is 42.0 Å². The number of carbonyl (C=O) groups is 1. The molecule has 166 valence electrons. The van der Waals surface area contributed by atoms with Crippen LogP contribution in [-0.4, -0.2) is 49.2 Å². The minimum atomic E-state index is -3.55. The topological polar surface area (TPSA) is 104 Å². The van der Waals surface area contributed by atoms with Gasteiger partial charge in [0, 0.05) is 49.1 Å². The minimum Gasteiger partial charge on any atom is -0.351 e. The Kier molecular flexibility index (Phi) is 5.47. The summed E-state index contributed by atoms with van der Waals surface area (Å²) in [5, 5.41) is 6.01. The number of hydrogen-bond donors (Lipinski definition) is 2. The predicted molar refractivity (Wildman–Crippen MR) is 123 cm³/mol. The Bertz CT molecular complexity index is 1300. The third kappa shape index (κ3) is 4.09. The summed E-state index contributed by atoms with van der Waals surface area (Å²) in [6, 6.07) is 14.0. The Hall–Kier alpha value is -3.30. The van der Waals surface area contributed by atoms with Crippen LogP contribution in [0.1, 0.15) is 29.8 Å². The van der Waals surface area contributed by atoms with E-state index in [-0.39, 0.29) is 16.2 Å². The van der Waals surface area contributed by atoms with Gasteiger partial charge in [-0.1, -0.05) is 26.0 Å². The van der Waals surface area contributed by atoms with Crippen molar-refractivity contribution in [1.82, 2.24) is 19.6 Å². The van der Waals surface area contributed by atoms with Crippen LogP contribution in [0.15, 0.2) is 59.6 Å². The Morgan fingerprint density at radius 1 is 1.09 bits per heavy atom. The van der Waals surface area contributed by atoms with Crippen LogP contribution < -0.4 is 10.6 Å². The Morgan fingerprint density at radius 3 is 2.62 bits per heavy atom. The summed E-state index contributed by atoms with van der Waals surface area (Å²) in [6.45, 7) is 4.76. The van der Waals surface area contributed by atoms with Crippen molar-refractivity contribution >= 4 is 27.6 Å². The number of amides is 1. The lowest BCUT2D eigenvalue weighted by Gasteiger charge is -2.32. The van der Waals surface area contributed by atoms with Crippen LogP contribution in [0.3, 0.4) is 0 Å². The first-order valence-corrected chi connectivity index (χ1v) is 11.6. The maximum absolute atomic E-state index is 12.4. The van der Waals surface area contributed by atoms with Crippen LogP contribution in [0.2, 0.25) is 0 Å². The van der Waals surface area contributed by atoms with Gasteiger partial charge in [0.15, 0.2) is 0 Å². The SMILES string of the molecule is CN(C)S(=O)(=O)c1cccc(Nc2nccc(-c3ccc4c(c3)C(C)(C)CNC4=O)n2)c1. The molecule has 9 heteroatoms. The fourth-order valence-electron chi connectivity index (χ4n) is 3.61. The average Bonchev–Trinajstić information content (AvgIpc) is 2.77. The lowest BCUT2D eigenvalue weighted by molar-refractivity contribution is 0.0930. The van der Waals surface area contributed by atoms with Crippen LogP contribution >= 0.6 is 0 Å². The molecule has 0 saturated carbocycles. The number of rotatable bonds is 5. The molecule has 0 aliphatic carbocycles. The molecule has 4 rings (SSSR count). The molecule has 0 unspecified atom stereocenters. The van der Waals surface area contributed by atoms with Gasteiger partial charge >= 0.3 is 0 Å². The largest absolute Gasteiger partial charge is 0.351 e. The van der Waals surface area contributed by atoms with Crippen LogP contribution in [0, 0.1) is 0 Å². The minimum absolute atomic E-state index is 0.0662. The van der Waals surface area contributed by atoms with Crippen LogP contribution in [0.4, 0.5) is 11.6 Å². The summed E-state index contributed by atoms with van der Waals surface area (Å²) in [7, 11) is -0.564. The summed E-state index contributed by atoms with van der Waals surface area (Å²) >= 11 is 0. The molecule has 1 aliphatic heterocycles. The molecule has 0 atom stereocenters. The van der Waals surface area contributed by atoms with Gasteiger partial charge in [-0.2, -0.15) is 0 Å². The van der Waals surface area contributed by atoms with Crippen LogP contribution in [0.5, 0.6) is 0 Å². The van der Waals surface area contributed by atoms with Gasteiger partial charge in [-0.3, -0.25) is 4.79 Å². The van der Waals surface area contributed by atoms with E-state index in [9.17, 15) is 13.2 Å². The molecule has 0 radical (unpaired) electrons. The molecular weight excluding hydrogens is 426 g/mol. The molecule has 0 saturated heterocycles. The summed E-state index contributed by atoms with van der Waals surface area (Å²) in [5.74, 6) is 0.278. The van der Waals surface area contributed by atoms with E-state index in [2.05, 4.69) is 34.4 Å². The zero-order chi connectivity index (χ0) is 23.1. The second kappa shape index (κ2) is 7.99. The standard InChI is InChI=1S/C23H25N5O3S/c1-23(2)14-25-21(29)18-9-8-15(12-19(18)23)20-10-11-24-22(27-20)26-16-6-5-7-17(13-16)32(30,31)28(3)4/h5-13H,14H2,1-4H3,(H,25,29)(H,24,26,27). The summed E-state index contributed by atoms with van der Waals surface area (Å²) < 4.78 is 26.0. The predicted octanol–water partition coefficient (Wildman–Crippen LogP) is 3.16. The molecule has 8 nitrogen and oxygen atoms in total. The molecule has 1 aromatic heterocycles. The quantitative estimate of drug-likeness (QED) is 0.618. The molecule has 2 N–H and O–H groups in total. The number of carbonyl (C=O) groups excluding carboxylic acids is 1. The zero-order valence-electron chi connectivity index (χ0n) is 18.4. The van der Waals surface area contributed by atoms with Crippen molar-refractivity contribution in [3.05, 3.63) is 65.9 Å². The highest BCUT2D eigenvalue weighted by Gasteiger charge is 2.31. The maximum atomic E-state index is 12.4. The van der Waals surface area contributed by atoms with Crippen LogP contribution in [0.25, 0.3) is 11.3 Å². The lowest BCUT2D eigenvalue weighted by atomic mass is 9.78. The van der Waals surface area contributed by atoms with Gasteiger partial charge < -0.3 is 10.6 Å². The third-order valence-corrected chi connectivity index (χ3v) is 7.32. The summed E-state index contributed by atoms with van der Waals surface area (Å²) in [4.78, 5) is 21.3. The van der Waals surface area contributed by atoms with Crippen molar-refractivity contribution in [2.75, 3.05) is 26.0 Å². The van der Waals surface area contributed by atoms with Crippen molar-refractivity contribution in [1.29, 1.82) is 0 Å². The number of hydrogen-bond acceptors (Lipinski definition) is 6. The number of fused-ring (bicyclic) bond motifs is 1. The summed E-state index contributed by atoms with van der Waals surface area (Å²) in [5.41, 5.74) is 3.61. The average molecular weight is 452 g/mol. The number of nitrogens with one attached hydrogen (secondary N) is 2. The van der Waals surface area contributed by atoms with Crippen LogP contribution in [-0.2, 0) is 15.4 Å². The van der Waals surface area contributed by atoms with E-state index in [1.54, 1.807) is 36.5 Å². The van der Waals surface area contributed by atoms with E-state index in [1.165, 1.54) is 18.4 Å². The van der Waals surface area contributed by atoms with E-state index >= 15 is 0 Å². The highest BCUT2D eigenvalue weighted by Crippen LogP contribution is 2.33. The fraction of sp³-hybridized carbons (Fsp3) is 0.261. The fourth-order valence-corrected chi connectivity index (χ4v) is 4.56. The number of aromatic nitrogens is 2. The molecule has 1 aliphatic rings. The summed E-state index contributed by atoms with van der Waals surface area (Å²) in [6.07, 6.45) is 1.64. The third-order valence-electron chi connectivity index (χ3n) is 5.50. The normalized spacial score (nSPS) is 15.2. The molecule has 2 aromatic carbocycles. The van der Waals surface area contributed by atoms with Crippen molar-refractivity contribution in [3.8, 4) is 11.3 Å². The zero-order valence-corrected chi connectivity index (χ0v) is 19.2. The molecule has 0 bridgehead atoms. The van der Waals surface area contributed by atoms with Gasteiger partial charge in [0.2, 0.25) is 16.0 Å². The molecule has 1 amide bonds. The second-order valence-corrected chi connectivity index (χ2v) is 10.7. The Morgan fingerprint density at radius 2 is 1.88 bits per heavy atom. The second-order valence-electron chi connectivity index (χ2n) is 8.53. The monoisotopic (exact) mass is 451 g/mol. The Labute approximate surface area is 187 Å². The van der Waals surface area contributed by atoms with E-state index < -0.39 is 10.0 Å². The first-order valence-electron chi connectivity index (χ1n) is 10.1. The van der Waals surface area contributed by atoms with Crippen molar-refractivity contribution in [2.24, 2.45) is 0 Å². The molecule has 3 aromatic rings. The highest BCUT2D eigenvalue weighted by atomic mass is 32.2. The number of nitrogens with zero attached hydrogens (tertiary/aromatic N) is 3. The van der Waals surface area contributed by atoms with Gasteiger partial charge in [0.05, 0.1) is 10.6 Å². The Balaban J connectivity index is 1.66. The van der Waals surface area contributed by atoms with E-state index in [0.29, 0.717) is 29.4 Å². The van der Waals surface area contributed by atoms with E-state index in [0.717, 1.165) is 11.1 Å². The number of sulfonamides is 1. The first-order chi connectivity index (χ1) is 15.1. The number of benzene rings is 2. The smallest absolute Gasteiger partial charge is 0.251 e. The molecular formula is C23H25N5O3S. The van der Waals surface area contributed by atoms with Gasteiger partial charge in [-0.15, -0.1) is 0 Å². The molecule has 0 fully saturated rings. The van der Waals surface area contributed by atoms with E-state index in [1.807, 2.05) is 18.2 Å². The van der Waals surface area contributed by atoms with Gasteiger partial charge in [0.25, 0.3) is 5.91 Å². The lowest BCUT2D eigenvalue weighted by Crippen LogP contribution is -2.43. The first kappa shape index (κ1) is 21.9. The van der Waals surface area contributed by atoms with Crippen molar-refractivity contribution in [3.63, 3.8) is 0 Å². The van der Waals surface area contributed by atoms with Gasteiger partial charge in [0.1, 0.15) is 0 Å². The van der Waals surface area contributed by atoms with E-state index in [4.69, 9.17) is 0 Å². The van der Waals surface area contributed by atoms with Crippen molar-refractivity contribution < 1.29 is 13.2 Å². The molecule has 32 heavy (non-hydrogen) atoms. The number of anilines is 2. The highest BCUT2D eigenvalue weighted by molar-refractivity contribution is 7.89. The van der Waals surface area contributed by atoms with Gasteiger partial charge in [-0.25, -0.2) is 22.7 Å².